The quantitative estimate of drug-likeness (QED) is 0.710. The van der Waals surface area contributed by atoms with Gasteiger partial charge in [-0.2, -0.15) is 0 Å². The maximum atomic E-state index is 12.4. The second-order valence-electron chi connectivity index (χ2n) is 5.86. The van der Waals surface area contributed by atoms with Crippen LogP contribution in [0.2, 0.25) is 0 Å². The van der Waals surface area contributed by atoms with Crippen LogP contribution in [0.5, 0.6) is 0 Å². The zero-order valence-corrected chi connectivity index (χ0v) is 11.7. The van der Waals surface area contributed by atoms with Crippen LogP contribution in [0.25, 0.3) is 0 Å². The highest BCUT2D eigenvalue weighted by atomic mass is 32.2. The van der Waals surface area contributed by atoms with Gasteiger partial charge >= 0.3 is 0 Å². The van der Waals surface area contributed by atoms with E-state index in [0.717, 1.165) is 5.56 Å². The Hall–Kier alpha value is -0.830. The summed E-state index contributed by atoms with van der Waals surface area (Å²) in [5.41, 5.74) is 0.794. The summed E-state index contributed by atoms with van der Waals surface area (Å²) in [6, 6.07) is 7.44. The lowest BCUT2D eigenvalue weighted by molar-refractivity contribution is 0.234. The molecule has 0 spiro atoms. The molecule has 17 heavy (non-hydrogen) atoms. The van der Waals surface area contributed by atoms with Crippen molar-refractivity contribution in [2.75, 3.05) is 5.75 Å². The second kappa shape index (κ2) is 3.84. The van der Waals surface area contributed by atoms with Crippen molar-refractivity contribution in [3.63, 3.8) is 0 Å². The number of rotatable bonds is 0. The average Bonchev–Trinajstić information content (AvgIpc) is 2.29. The summed E-state index contributed by atoms with van der Waals surface area (Å²) in [5.74, 6) is 0.863. The van der Waals surface area contributed by atoms with Crippen LogP contribution in [-0.2, 0) is 9.84 Å². The van der Waals surface area contributed by atoms with Crippen LogP contribution in [0.3, 0.4) is 0 Å². The fourth-order valence-corrected chi connectivity index (χ4v) is 5.08. The third kappa shape index (κ3) is 2.01. The molecule has 0 aromatic heterocycles. The Balaban J connectivity index is 2.70. The van der Waals surface area contributed by atoms with Gasteiger partial charge in [-0.15, -0.1) is 0 Å². The second-order valence-corrected chi connectivity index (χ2v) is 7.82. The molecule has 3 heteroatoms. The standard InChI is InChI=1S/C14H20O2S/c1-10-11(2)14(3,4)9-17(15,16)13-8-6-5-7-12(10)13/h5-8,10-11H,9H2,1-4H3/t10?,11-/m1/s1. The lowest BCUT2D eigenvalue weighted by Gasteiger charge is -2.32. The van der Waals surface area contributed by atoms with Crippen molar-refractivity contribution in [2.45, 2.75) is 38.5 Å². The third-order valence-electron chi connectivity index (χ3n) is 4.29. The van der Waals surface area contributed by atoms with E-state index in [-0.39, 0.29) is 17.1 Å². The summed E-state index contributed by atoms with van der Waals surface area (Å²) in [6.07, 6.45) is 0. The van der Waals surface area contributed by atoms with Crippen LogP contribution in [0, 0.1) is 11.3 Å². The minimum absolute atomic E-state index is 0.183. The smallest absolute Gasteiger partial charge is 0.179 e. The van der Waals surface area contributed by atoms with Gasteiger partial charge in [0.15, 0.2) is 9.84 Å². The first-order valence-corrected chi connectivity index (χ1v) is 7.72. The summed E-state index contributed by atoms with van der Waals surface area (Å²) >= 11 is 0. The van der Waals surface area contributed by atoms with Gasteiger partial charge in [-0.1, -0.05) is 45.9 Å². The number of hydrogen-bond acceptors (Lipinski definition) is 2. The molecule has 2 atom stereocenters. The summed E-state index contributed by atoms with van der Waals surface area (Å²) in [5, 5.41) is 0. The lowest BCUT2D eigenvalue weighted by atomic mass is 9.73. The average molecular weight is 252 g/mol. The molecule has 0 amide bonds. The first kappa shape index (κ1) is 12.6. The molecule has 0 saturated heterocycles. The van der Waals surface area contributed by atoms with Crippen molar-refractivity contribution in [3.8, 4) is 0 Å². The third-order valence-corrected chi connectivity index (χ3v) is 6.46. The number of benzene rings is 1. The van der Waals surface area contributed by atoms with E-state index in [9.17, 15) is 8.42 Å². The number of hydrogen-bond donors (Lipinski definition) is 0. The Kier molecular flexibility index (Phi) is 2.85. The van der Waals surface area contributed by atoms with E-state index in [0.29, 0.717) is 10.8 Å². The molecule has 1 aliphatic heterocycles. The van der Waals surface area contributed by atoms with E-state index in [2.05, 4.69) is 27.7 Å². The Morgan fingerprint density at radius 2 is 1.76 bits per heavy atom. The molecule has 2 rings (SSSR count). The van der Waals surface area contributed by atoms with E-state index in [1.165, 1.54) is 0 Å². The molecule has 0 N–H and O–H groups in total. The molecule has 1 aliphatic rings. The number of fused-ring (bicyclic) bond motifs is 1. The SMILES string of the molecule is CC1c2ccccc2S(=O)(=O)CC(C)(C)[C@@H]1C. The first-order valence-electron chi connectivity index (χ1n) is 6.07. The van der Waals surface area contributed by atoms with Crippen molar-refractivity contribution in [2.24, 2.45) is 11.3 Å². The Labute approximate surface area is 104 Å². The van der Waals surface area contributed by atoms with Crippen molar-refractivity contribution < 1.29 is 8.42 Å². The van der Waals surface area contributed by atoms with E-state index in [1.54, 1.807) is 6.07 Å². The molecule has 0 saturated carbocycles. The van der Waals surface area contributed by atoms with Gasteiger partial charge < -0.3 is 0 Å². The van der Waals surface area contributed by atoms with Gasteiger partial charge in [0.1, 0.15) is 0 Å². The van der Waals surface area contributed by atoms with Crippen LogP contribution in [0.4, 0.5) is 0 Å². The summed E-state index contributed by atoms with van der Waals surface area (Å²) in [6.45, 7) is 8.39. The Morgan fingerprint density at radius 1 is 1.18 bits per heavy atom. The monoisotopic (exact) mass is 252 g/mol. The molecule has 1 unspecified atom stereocenters. The zero-order valence-electron chi connectivity index (χ0n) is 10.9. The van der Waals surface area contributed by atoms with Gasteiger partial charge in [-0.05, 0) is 28.9 Å². The van der Waals surface area contributed by atoms with Gasteiger partial charge in [-0.25, -0.2) is 8.42 Å². The van der Waals surface area contributed by atoms with Crippen LogP contribution >= 0.6 is 0 Å². The van der Waals surface area contributed by atoms with Crippen molar-refractivity contribution in [3.05, 3.63) is 29.8 Å². The maximum absolute atomic E-state index is 12.4. The minimum Gasteiger partial charge on any atom is -0.224 e. The van der Waals surface area contributed by atoms with Gasteiger partial charge in [-0.3, -0.25) is 0 Å². The fraction of sp³-hybridized carbons (Fsp3) is 0.571. The van der Waals surface area contributed by atoms with E-state index in [1.807, 2.05) is 18.2 Å². The highest BCUT2D eigenvalue weighted by Gasteiger charge is 2.40. The first-order chi connectivity index (χ1) is 7.76. The lowest BCUT2D eigenvalue weighted by Crippen LogP contribution is -2.30. The largest absolute Gasteiger partial charge is 0.224 e. The number of sulfone groups is 1. The summed E-state index contributed by atoms with van der Waals surface area (Å²) < 4.78 is 24.8. The minimum atomic E-state index is -3.15. The van der Waals surface area contributed by atoms with Crippen LogP contribution in [0.1, 0.15) is 39.2 Å². The zero-order chi connectivity index (χ0) is 12.8. The summed E-state index contributed by atoms with van der Waals surface area (Å²) in [7, 11) is -3.15. The topological polar surface area (TPSA) is 34.1 Å². The molecule has 2 nitrogen and oxygen atoms in total. The van der Waals surface area contributed by atoms with E-state index >= 15 is 0 Å². The predicted octanol–water partition coefficient (Wildman–Crippen LogP) is 3.24. The van der Waals surface area contributed by atoms with Crippen molar-refractivity contribution >= 4 is 9.84 Å². The highest BCUT2D eigenvalue weighted by Crippen LogP contribution is 2.44. The van der Waals surface area contributed by atoms with E-state index < -0.39 is 9.84 Å². The molecular weight excluding hydrogens is 232 g/mol. The van der Waals surface area contributed by atoms with Crippen LogP contribution < -0.4 is 0 Å². The molecule has 1 aromatic rings. The van der Waals surface area contributed by atoms with Gasteiger partial charge in [0.05, 0.1) is 10.6 Å². The maximum Gasteiger partial charge on any atom is 0.179 e. The van der Waals surface area contributed by atoms with Gasteiger partial charge in [0, 0.05) is 0 Å². The van der Waals surface area contributed by atoms with Gasteiger partial charge in [0.25, 0.3) is 0 Å². The van der Waals surface area contributed by atoms with Crippen LogP contribution in [-0.4, -0.2) is 14.2 Å². The molecule has 0 fully saturated rings. The predicted molar refractivity (Wildman–Crippen MR) is 69.9 cm³/mol. The molecule has 94 valence electrons. The van der Waals surface area contributed by atoms with Crippen molar-refractivity contribution in [1.29, 1.82) is 0 Å². The normalized spacial score (nSPS) is 30.4. The highest BCUT2D eigenvalue weighted by molar-refractivity contribution is 7.91. The molecule has 0 aliphatic carbocycles. The summed E-state index contributed by atoms with van der Waals surface area (Å²) in [4.78, 5) is 0.532. The Morgan fingerprint density at radius 3 is 2.41 bits per heavy atom. The molecule has 0 radical (unpaired) electrons. The Bertz CT molecular complexity index is 529. The van der Waals surface area contributed by atoms with Gasteiger partial charge in [0.2, 0.25) is 0 Å². The molecule has 1 heterocycles. The molecular formula is C14H20O2S. The molecule has 0 bridgehead atoms. The van der Waals surface area contributed by atoms with Crippen LogP contribution in [0.15, 0.2) is 29.2 Å². The van der Waals surface area contributed by atoms with Crippen molar-refractivity contribution in [1.82, 2.24) is 0 Å². The fourth-order valence-electron chi connectivity index (χ4n) is 2.78. The molecule has 1 aromatic carbocycles. The van der Waals surface area contributed by atoms with E-state index in [4.69, 9.17) is 0 Å².